The summed E-state index contributed by atoms with van der Waals surface area (Å²) in [6.07, 6.45) is 4.91. The molecule has 0 saturated carbocycles. The molecule has 0 bridgehead atoms. The predicted octanol–water partition coefficient (Wildman–Crippen LogP) is 12.2. The number of halogens is 2. The molecule has 3 atom stereocenters. The number of fused-ring (bicyclic) bond motifs is 2. The van der Waals surface area contributed by atoms with Crippen LogP contribution in [-0.4, -0.2) is 20.1 Å². The molecule has 7 rings (SSSR count). The van der Waals surface area contributed by atoms with Gasteiger partial charge in [-0.25, -0.2) is 0 Å². The summed E-state index contributed by atoms with van der Waals surface area (Å²) in [4.78, 5) is 0. The standard InChI is InChI=1S/2C19H19O.C7H9Si.2ClH.Zr/c2*1-13(2)16-11-15-5-4-6-18(19(15)12-16)14-7-9-17(20-3)10-8-14;1-8-7-5-3-2-4-6-7;;;/h2*4-13H,1-3H3;2-6,8H,1H3;2*1H;/q;;;;;+2/p-2. The Morgan fingerprint density at radius 2 is 0.961 bits per heavy atom. The van der Waals surface area contributed by atoms with E-state index in [0.29, 0.717) is 0 Å². The van der Waals surface area contributed by atoms with Gasteiger partial charge in [-0.1, -0.05) is 0 Å². The van der Waals surface area contributed by atoms with Gasteiger partial charge in [-0.3, -0.25) is 0 Å². The SMILES string of the molecule is COc1ccc(-c2cccc3c2C=C(C(C)C)[CH]3[Zr]([Cl])([Cl])([CH]2C(C(C)C)=Cc3c(-c4ccc(OC)cc4)cccc32)[SiH](C)c2ccccc2)cc1. The van der Waals surface area contributed by atoms with Gasteiger partial charge in [0, 0.05) is 0 Å². The van der Waals surface area contributed by atoms with Crippen molar-refractivity contribution in [2.24, 2.45) is 11.8 Å². The van der Waals surface area contributed by atoms with E-state index in [-0.39, 0.29) is 19.1 Å². The van der Waals surface area contributed by atoms with Gasteiger partial charge in [-0.15, -0.1) is 0 Å². The van der Waals surface area contributed by atoms with Crippen LogP contribution in [0.2, 0.25) is 6.55 Å². The number of rotatable bonds is 10. The molecule has 3 unspecified atom stereocenters. The van der Waals surface area contributed by atoms with E-state index in [0.717, 1.165) is 22.6 Å². The van der Waals surface area contributed by atoms with Crippen LogP contribution in [0.25, 0.3) is 34.4 Å². The van der Waals surface area contributed by atoms with Crippen molar-refractivity contribution in [3.63, 3.8) is 0 Å². The number of benzene rings is 5. The minimum absolute atomic E-state index is 0.0346. The maximum atomic E-state index is 9.02. The van der Waals surface area contributed by atoms with Gasteiger partial charge in [0.25, 0.3) is 0 Å². The third-order valence-electron chi connectivity index (χ3n) is 11.6. The zero-order valence-electron chi connectivity index (χ0n) is 30.6. The van der Waals surface area contributed by atoms with E-state index in [2.05, 4.69) is 137 Å². The first-order valence-corrected chi connectivity index (χ1v) is 33.8. The van der Waals surface area contributed by atoms with Crippen molar-refractivity contribution in [3.05, 3.63) is 149 Å². The molecule has 0 amide bonds. The monoisotopic (exact) mass is 807 g/mol. The van der Waals surface area contributed by atoms with Gasteiger partial charge in [-0.05, 0) is 0 Å². The normalized spacial score (nSPS) is 18.1. The van der Waals surface area contributed by atoms with Gasteiger partial charge in [-0.2, -0.15) is 0 Å². The molecule has 0 fully saturated rings. The van der Waals surface area contributed by atoms with E-state index in [1.807, 2.05) is 24.3 Å². The van der Waals surface area contributed by atoms with E-state index >= 15 is 0 Å². The van der Waals surface area contributed by atoms with Crippen LogP contribution in [-0.2, 0) is 15.6 Å². The Labute approximate surface area is 312 Å². The van der Waals surface area contributed by atoms with Crippen LogP contribution >= 0.6 is 17.0 Å². The topological polar surface area (TPSA) is 18.5 Å². The second-order valence-corrected chi connectivity index (χ2v) is 55.1. The van der Waals surface area contributed by atoms with Crippen molar-refractivity contribution < 1.29 is 25.0 Å². The van der Waals surface area contributed by atoms with Gasteiger partial charge in [0.05, 0.1) is 0 Å². The van der Waals surface area contributed by atoms with Crippen molar-refractivity contribution in [2.45, 2.75) is 41.5 Å². The Kier molecular flexibility index (Phi) is 9.95. The third kappa shape index (κ3) is 6.05. The summed E-state index contributed by atoms with van der Waals surface area (Å²) < 4.78 is 10.9. The first kappa shape index (κ1) is 36.2. The number of methoxy groups -OCH3 is 2. The van der Waals surface area contributed by atoms with Crippen LogP contribution in [0.3, 0.4) is 0 Å². The fourth-order valence-electron chi connectivity index (χ4n) is 8.85. The van der Waals surface area contributed by atoms with Gasteiger partial charge in [0.1, 0.15) is 0 Å². The average Bonchev–Trinajstić information content (AvgIpc) is 3.77. The maximum absolute atomic E-state index is 9.02. The third-order valence-corrected chi connectivity index (χ3v) is 58.6. The summed E-state index contributed by atoms with van der Waals surface area (Å²) >= 11 is -5.25. The summed E-state index contributed by atoms with van der Waals surface area (Å²) in [6.45, 7) is 11.7. The van der Waals surface area contributed by atoms with Crippen LogP contribution in [0.5, 0.6) is 11.5 Å². The molecular weight excluding hydrogens is 763 g/mol. The predicted molar refractivity (Wildman–Crippen MR) is 219 cm³/mol. The Balaban J connectivity index is 1.51. The molecule has 2 aliphatic rings. The molecule has 0 aromatic heterocycles. The summed E-state index contributed by atoms with van der Waals surface area (Å²) in [5.74, 6) is 0.175. The first-order valence-electron chi connectivity index (χ1n) is 18.1. The Morgan fingerprint density at radius 1 is 0.549 bits per heavy atom. The van der Waals surface area contributed by atoms with Crippen LogP contribution in [0, 0.1) is 11.8 Å². The fraction of sp³-hybridized carbons (Fsp3) is 0.244. The Hall–Kier alpha value is -3.14. The van der Waals surface area contributed by atoms with Gasteiger partial charge in [0.2, 0.25) is 0 Å². The zero-order chi connectivity index (χ0) is 36.1. The van der Waals surface area contributed by atoms with Crippen molar-refractivity contribution in [2.75, 3.05) is 14.2 Å². The summed E-state index contributed by atoms with van der Waals surface area (Å²) in [7, 11) is 21.5. The average molecular weight is 810 g/mol. The molecule has 261 valence electrons. The van der Waals surface area contributed by atoms with Gasteiger partial charge in [0.15, 0.2) is 0 Å². The molecule has 51 heavy (non-hydrogen) atoms. The van der Waals surface area contributed by atoms with E-state index in [1.54, 1.807) is 14.2 Å². The fourth-order valence-corrected chi connectivity index (χ4v) is 49.6. The molecule has 0 N–H and O–H groups in total. The van der Waals surface area contributed by atoms with Crippen molar-refractivity contribution in [1.29, 1.82) is 0 Å². The second-order valence-electron chi connectivity index (χ2n) is 14.9. The Bertz CT molecular complexity index is 2010. The number of hydrogen-bond acceptors (Lipinski definition) is 2. The number of ether oxygens (including phenoxy) is 2. The molecule has 5 aromatic carbocycles. The molecular formula is C45H47Cl2O2SiZr. The van der Waals surface area contributed by atoms with Crippen molar-refractivity contribution in [3.8, 4) is 33.8 Å². The van der Waals surface area contributed by atoms with Crippen LogP contribution in [0.4, 0.5) is 0 Å². The minimum atomic E-state index is -5.25. The molecule has 0 aliphatic heterocycles. The van der Waals surface area contributed by atoms with Crippen LogP contribution in [0.1, 0.15) is 57.2 Å². The first-order chi connectivity index (χ1) is 24.5. The van der Waals surface area contributed by atoms with Crippen LogP contribution < -0.4 is 14.7 Å². The molecule has 2 nitrogen and oxygen atoms in total. The summed E-state index contributed by atoms with van der Waals surface area (Å²) in [5.41, 5.74) is 12.6. The summed E-state index contributed by atoms with van der Waals surface area (Å²) in [6, 6.07) is 41.4. The van der Waals surface area contributed by atoms with E-state index in [4.69, 9.17) is 26.5 Å². The second kappa shape index (κ2) is 14.0. The summed E-state index contributed by atoms with van der Waals surface area (Å²) in [5, 5.41) is 1.35. The molecule has 5 aromatic rings. The molecule has 0 radical (unpaired) electrons. The van der Waals surface area contributed by atoms with Crippen molar-refractivity contribution in [1.82, 2.24) is 0 Å². The quantitative estimate of drug-likeness (QED) is 0.131. The number of allylic oxidation sites excluding steroid dienone is 2. The molecule has 6 heteroatoms. The number of hydrogen-bond donors (Lipinski definition) is 0. The molecule has 0 heterocycles. The van der Waals surface area contributed by atoms with E-state index in [1.165, 1.54) is 49.7 Å². The van der Waals surface area contributed by atoms with E-state index in [9.17, 15) is 0 Å². The molecule has 0 spiro atoms. The van der Waals surface area contributed by atoms with Gasteiger partial charge < -0.3 is 0 Å². The van der Waals surface area contributed by atoms with Crippen LogP contribution in [0.15, 0.2) is 126 Å². The molecule has 2 aliphatic carbocycles. The molecule has 0 saturated heterocycles. The van der Waals surface area contributed by atoms with E-state index < -0.39 is 21.5 Å². The van der Waals surface area contributed by atoms with Gasteiger partial charge >= 0.3 is 315 Å². The Morgan fingerprint density at radius 3 is 1.33 bits per heavy atom. The zero-order valence-corrected chi connectivity index (χ0v) is 35.7. The van der Waals surface area contributed by atoms with Crippen molar-refractivity contribution >= 4 is 40.3 Å².